The molecule has 0 spiro atoms. The zero-order valence-electron chi connectivity index (χ0n) is 13.5. The predicted molar refractivity (Wildman–Crippen MR) is 91.6 cm³/mol. The summed E-state index contributed by atoms with van der Waals surface area (Å²) in [6.45, 7) is 6.31. The van der Waals surface area contributed by atoms with Gasteiger partial charge in [-0.15, -0.1) is 0 Å². The molecule has 3 heterocycles. The summed E-state index contributed by atoms with van der Waals surface area (Å²) in [7, 11) is 0. The molecule has 2 aliphatic rings. The van der Waals surface area contributed by atoms with E-state index < -0.39 is 0 Å². The van der Waals surface area contributed by atoms with E-state index in [-0.39, 0.29) is 0 Å². The van der Waals surface area contributed by atoms with Crippen LogP contribution in [0.4, 0.5) is 17.3 Å². The number of fused-ring (bicyclic) bond motifs is 1. The Morgan fingerprint density at radius 1 is 1.00 bits per heavy atom. The quantitative estimate of drug-likeness (QED) is 0.853. The van der Waals surface area contributed by atoms with Crippen molar-refractivity contribution >= 4 is 17.3 Å². The second-order valence-electron chi connectivity index (χ2n) is 6.11. The van der Waals surface area contributed by atoms with Crippen molar-refractivity contribution in [1.29, 1.82) is 0 Å². The molecule has 0 aliphatic carbocycles. The van der Waals surface area contributed by atoms with Crippen LogP contribution in [0.15, 0.2) is 30.3 Å². The van der Waals surface area contributed by atoms with Crippen molar-refractivity contribution in [2.75, 3.05) is 42.6 Å². The minimum Gasteiger partial charge on any atom is -0.378 e. The van der Waals surface area contributed by atoms with Crippen LogP contribution in [-0.4, -0.2) is 42.8 Å². The van der Waals surface area contributed by atoms with Gasteiger partial charge in [-0.05, 0) is 31.4 Å². The van der Waals surface area contributed by atoms with Gasteiger partial charge in [0.1, 0.15) is 17.5 Å². The molecule has 0 radical (unpaired) electrons. The first-order chi connectivity index (χ1) is 11.3. The maximum atomic E-state index is 5.45. The number of aryl methyl sites for hydroxylation is 2. The van der Waals surface area contributed by atoms with Crippen LogP contribution in [0, 0.1) is 6.92 Å². The summed E-state index contributed by atoms with van der Waals surface area (Å²) in [5.74, 6) is 2.84. The maximum Gasteiger partial charge on any atom is 0.138 e. The second kappa shape index (κ2) is 6.16. The van der Waals surface area contributed by atoms with E-state index in [0.29, 0.717) is 0 Å². The summed E-state index contributed by atoms with van der Waals surface area (Å²) in [6.07, 6.45) is 2.31. The smallest absolute Gasteiger partial charge is 0.138 e. The lowest BCUT2D eigenvalue weighted by Gasteiger charge is -2.32. The SMILES string of the molecule is Cc1nc(N2CCOCC2)cc(N2CCCc3ccccc32)n1. The third-order valence-electron chi connectivity index (χ3n) is 4.53. The molecule has 0 amide bonds. The Balaban J connectivity index is 1.71. The molecule has 0 unspecified atom stereocenters. The molecule has 120 valence electrons. The van der Waals surface area contributed by atoms with Gasteiger partial charge in [-0.3, -0.25) is 0 Å². The molecule has 1 aromatic carbocycles. The predicted octanol–water partition coefficient (Wildman–Crippen LogP) is 2.71. The Morgan fingerprint density at radius 2 is 1.78 bits per heavy atom. The van der Waals surface area contributed by atoms with E-state index >= 15 is 0 Å². The highest BCUT2D eigenvalue weighted by Gasteiger charge is 2.21. The Bertz CT molecular complexity index is 697. The molecule has 5 heteroatoms. The Labute approximate surface area is 136 Å². The minimum atomic E-state index is 0.769. The average Bonchev–Trinajstić information content (AvgIpc) is 2.61. The largest absolute Gasteiger partial charge is 0.378 e. The molecule has 5 nitrogen and oxygen atoms in total. The van der Waals surface area contributed by atoms with Crippen LogP contribution in [0.3, 0.4) is 0 Å². The molecule has 2 aromatic rings. The highest BCUT2D eigenvalue weighted by molar-refractivity contribution is 5.67. The molecular weight excluding hydrogens is 288 g/mol. The first-order valence-electron chi connectivity index (χ1n) is 8.35. The average molecular weight is 310 g/mol. The van der Waals surface area contributed by atoms with E-state index in [1.807, 2.05) is 6.92 Å². The molecule has 23 heavy (non-hydrogen) atoms. The highest BCUT2D eigenvalue weighted by Crippen LogP contribution is 2.33. The lowest BCUT2D eigenvalue weighted by atomic mass is 10.0. The molecule has 4 rings (SSSR count). The summed E-state index contributed by atoms with van der Waals surface area (Å²) in [5.41, 5.74) is 2.69. The van der Waals surface area contributed by atoms with Crippen molar-refractivity contribution in [3.63, 3.8) is 0 Å². The third kappa shape index (κ3) is 2.88. The van der Waals surface area contributed by atoms with Crippen molar-refractivity contribution < 1.29 is 4.74 Å². The van der Waals surface area contributed by atoms with Crippen LogP contribution < -0.4 is 9.80 Å². The van der Waals surface area contributed by atoms with Crippen molar-refractivity contribution in [3.05, 3.63) is 41.7 Å². The number of hydrogen-bond acceptors (Lipinski definition) is 5. The molecular formula is C18H22N4O. The van der Waals surface area contributed by atoms with Gasteiger partial charge >= 0.3 is 0 Å². The molecule has 0 saturated carbocycles. The lowest BCUT2D eigenvalue weighted by Crippen LogP contribution is -2.37. The summed E-state index contributed by atoms with van der Waals surface area (Å²) in [4.78, 5) is 14.0. The van der Waals surface area contributed by atoms with E-state index in [1.54, 1.807) is 0 Å². The first kappa shape index (κ1) is 14.5. The van der Waals surface area contributed by atoms with Crippen molar-refractivity contribution in [2.24, 2.45) is 0 Å². The number of anilines is 3. The van der Waals surface area contributed by atoms with Gasteiger partial charge in [0.25, 0.3) is 0 Å². The highest BCUT2D eigenvalue weighted by atomic mass is 16.5. The summed E-state index contributed by atoms with van der Waals surface area (Å²) < 4.78 is 5.45. The molecule has 1 fully saturated rings. The van der Waals surface area contributed by atoms with Crippen LogP contribution in [0.2, 0.25) is 0 Å². The fourth-order valence-electron chi connectivity index (χ4n) is 3.40. The van der Waals surface area contributed by atoms with Crippen LogP contribution in [0.5, 0.6) is 0 Å². The van der Waals surface area contributed by atoms with E-state index in [0.717, 1.165) is 63.1 Å². The van der Waals surface area contributed by atoms with Crippen LogP contribution in [-0.2, 0) is 11.2 Å². The summed E-state index contributed by atoms with van der Waals surface area (Å²) >= 11 is 0. The number of para-hydroxylation sites is 1. The molecule has 0 N–H and O–H groups in total. The van der Waals surface area contributed by atoms with Gasteiger partial charge in [0.2, 0.25) is 0 Å². The van der Waals surface area contributed by atoms with Crippen molar-refractivity contribution in [3.8, 4) is 0 Å². The van der Waals surface area contributed by atoms with E-state index in [9.17, 15) is 0 Å². The van der Waals surface area contributed by atoms with Gasteiger partial charge in [0, 0.05) is 31.4 Å². The standard InChI is InChI=1S/C18H22N4O/c1-14-19-17(21-9-11-23-12-10-21)13-18(20-14)22-8-4-6-15-5-2-3-7-16(15)22/h2-3,5,7,13H,4,6,8-12H2,1H3. The Morgan fingerprint density at radius 3 is 2.65 bits per heavy atom. The molecule has 1 aromatic heterocycles. The van der Waals surface area contributed by atoms with E-state index in [2.05, 4.69) is 45.1 Å². The van der Waals surface area contributed by atoms with Gasteiger partial charge in [-0.2, -0.15) is 0 Å². The topological polar surface area (TPSA) is 41.5 Å². The number of benzene rings is 1. The lowest BCUT2D eigenvalue weighted by molar-refractivity contribution is 0.122. The normalized spacial score (nSPS) is 18.0. The van der Waals surface area contributed by atoms with Gasteiger partial charge in [-0.25, -0.2) is 9.97 Å². The van der Waals surface area contributed by atoms with E-state index in [1.165, 1.54) is 11.3 Å². The fourth-order valence-corrected chi connectivity index (χ4v) is 3.40. The van der Waals surface area contributed by atoms with Crippen LogP contribution >= 0.6 is 0 Å². The zero-order valence-corrected chi connectivity index (χ0v) is 13.5. The number of hydrogen-bond donors (Lipinski definition) is 0. The first-order valence-corrected chi connectivity index (χ1v) is 8.35. The Kier molecular flexibility index (Phi) is 3.87. The number of morpholine rings is 1. The van der Waals surface area contributed by atoms with Crippen molar-refractivity contribution in [1.82, 2.24) is 9.97 Å². The minimum absolute atomic E-state index is 0.769. The van der Waals surface area contributed by atoms with Gasteiger partial charge in [0.05, 0.1) is 13.2 Å². The number of aromatic nitrogens is 2. The molecule has 1 saturated heterocycles. The summed E-state index contributed by atoms with van der Waals surface area (Å²) in [6, 6.07) is 10.8. The zero-order chi connectivity index (χ0) is 15.6. The monoisotopic (exact) mass is 310 g/mol. The second-order valence-corrected chi connectivity index (χ2v) is 6.11. The molecule has 0 bridgehead atoms. The maximum absolute atomic E-state index is 5.45. The fraction of sp³-hybridized carbons (Fsp3) is 0.444. The van der Waals surface area contributed by atoms with Gasteiger partial charge in [-0.1, -0.05) is 18.2 Å². The number of nitrogens with zero attached hydrogens (tertiary/aromatic N) is 4. The van der Waals surface area contributed by atoms with Crippen LogP contribution in [0.25, 0.3) is 0 Å². The van der Waals surface area contributed by atoms with E-state index in [4.69, 9.17) is 9.72 Å². The Hall–Kier alpha value is -2.14. The molecule has 2 aliphatic heterocycles. The molecule has 0 atom stereocenters. The number of rotatable bonds is 2. The van der Waals surface area contributed by atoms with Crippen LogP contribution in [0.1, 0.15) is 17.8 Å². The van der Waals surface area contributed by atoms with Crippen molar-refractivity contribution in [2.45, 2.75) is 19.8 Å². The third-order valence-corrected chi connectivity index (χ3v) is 4.53. The summed E-state index contributed by atoms with van der Waals surface area (Å²) in [5, 5.41) is 0. The van der Waals surface area contributed by atoms with Gasteiger partial charge < -0.3 is 14.5 Å². The number of ether oxygens (including phenoxy) is 1. The van der Waals surface area contributed by atoms with Gasteiger partial charge in [0.15, 0.2) is 0 Å².